The van der Waals surface area contributed by atoms with Crippen molar-refractivity contribution in [2.45, 2.75) is 78.9 Å². The molecular formula is C15H29N3. The zero-order valence-electron chi connectivity index (χ0n) is 12.7. The quantitative estimate of drug-likeness (QED) is 0.750. The summed E-state index contributed by atoms with van der Waals surface area (Å²) >= 11 is 0. The van der Waals surface area contributed by atoms with Crippen molar-refractivity contribution in [3.05, 3.63) is 17.5 Å². The molecule has 0 aliphatic heterocycles. The summed E-state index contributed by atoms with van der Waals surface area (Å²) in [6.45, 7) is 13.0. The number of unbranched alkanes of at least 4 members (excludes halogenated alkanes) is 3. The summed E-state index contributed by atoms with van der Waals surface area (Å²) in [6.07, 6.45) is 7.18. The lowest BCUT2D eigenvalue weighted by molar-refractivity contribution is 0.423. The Morgan fingerprint density at radius 3 is 2.56 bits per heavy atom. The number of rotatable bonds is 7. The fourth-order valence-electron chi connectivity index (χ4n) is 1.93. The molecule has 0 aliphatic carbocycles. The molecule has 0 aliphatic rings. The van der Waals surface area contributed by atoms with Gasteiger partial charge in [0.05, 0.1) is 6.20 Å². The third-order valence-electron chi connectivity index (χ3n) is 3.24. The smallest absolute Gasteiger partial charge is 0.0537 e. The van der Waals surface area contributed by atoms with Gasteiger partial charge in [-0.3, -0.25) is 4.68 Å². The van der Waals surface area contributed by atoms with E-state index in [2.05, 4.69) is 49.7 Å². The third kappa shape index (κ3) is 5.21. The van der Waals surface area contributed by atoms with E-state index in [0.717, 1.165) is 13.1 Å². The highest BCUT2D eigenvalue weighted by Crippen LogP contribution is 2.11. The van der Waals surface area contributed by atoms with Crippen molar-refractivity contribution < 1.29 is 0 Å². The van der Waals surface area contributed by atoms with Gasteiger partial charge >= 0.3 is 0 Å². The second-order valence-corrected chi connectivity index (χ2v) is 6.14. The van der Waals surface area contributed by atoms with Gasteiger partial charge in [-0.25, -0.2) is 0 Å². The van der Waals surface area contributed by atoms with Gasteiger partial charge in [-0.05, 0) is 34.1 Å². The van der Waals surface area contributed by atoms with Crippen LogP contribution in [0.15, 0.2) is 6.20 Å². The predicted octanol–water partition coefficient (Wildman–Crippen LogP) is 3.66. The summed E-state index contributed by atoms with van der Waals surface area (Å²) in [5, 5.41) is 8.01. The van der Waals surface area contributed by atoms with Crippen LogP contribution in [0.1, 0.15) is 64.6 Å². The lowest BCUT2D eigenvalue weighted by atomic mass is 10.1. The maximum atomic E-state index is 4.49. The summed E-state index contributed by atoms with van der Waals surface area (Å²) in [4.78, 5) is 0. The SMILES string of the molecule is CCCCCCn1ncc(CNC(C)(C)C)c1C. The van der Waals surface area contributed by atoms with Crippen molar-refractivity contribution in [3.63, 3.8) is 0 Å². The van der Waals surface area contributed by atoms with Crippen LogP contribution < -0.4 is 5.32 Å². The molecule has 1 heterocycles. The molecule has 1 aromatic heterocycles. The van der Waals surface area contributed by atoms with Crippen molar-refractivity contribution in [2.75, 3.05) is 0 Å². The van der Waals surface area contributed by atoms with Gasteiger partial charge in [-0.2, -0.15) is 5.10 Å². The molecule has 0 unspecified atom stereocenters. The summed E-state index contributed by atoms with van der Waals surface area (Å²) in [5.41, 5.74) is 2.79. The third-order valence-corrected chi connectivity index (χ3v) is 3.24. The molecule has 104 valence electrons. The van der Waals surface area contributed by atoms with Gasteiger partial charge in [-0.1, -0.05) is 26.2 Å². The Bertz CT molecular complexity index is 347. The van der Waals surface area contributed by atoms with E-state index in [1.54, 1.807) is 0 Å². The van der Waals surface area contributed by atoms with E-state index in [1.807, 2.05) is 6.20 Å². The molecule has 1 N–H and O–H groups in total. The van der Waals surface area contributed by atoms with E-state index in [4.69, 9.17) is 0 Å². The molecule has 0 atom stereocenters. The summed E-state index contributed by atoms with van der Waals surface area (Å²) < 4.78 is 2.15. The summed E-state index contributed by atoms with van der Waals surface area (Å²) in [6, 6.07) is 0. The first-order chi connectivity index (χ1) is 8.44. The van der Waals surface area contributed by atoms with Crippen molar-refractivity contribution in [2.24, 2.45) is 0 Å². The normalized spacial score (nSPS) is 12.1. The molecule has 0 amide bonds. The highest BCUT2D eigenvalue weighted by molar-refractivity contribution is 5.16. The van der Waals surface area contributed by atoms with Crippen molar-refractivity contribution in [3.8, 4) is 0 Å². The molecule has 3 heteroatoms. The molecule has 1 aromatic rings. The number of hydrogen-bond donors (Lipinski definition) is 1. The van der Waals surface area contributed by atoms with E-state index in [0.29, 0.717) is 0 Å². The Balaban J connectivity index is 2.45. The van der Waals surface area contributed by atoms with Gasteiger partial charge in [0.2, 0.25) is 0 Å². The number of nitrogens with one attached hydrogen (secondary N) is 1. The van der Waals surface area contributed by atoms with Gasteiger partial charge in [0, 0.05) is 29.9 Å². The zero-order valence-corrected chi connectivity index (χ0v) is 12.7. The topological polar surface area (TPSA) is 29.9 Å². The molecule has 18 heavy (non-hydrogen) atoms. The zero-order chi connectivity index (χ0) is 13.6. The minimum atomic E-state index is 0.162. The Kier molecular flexibility index (Phi) is 5.86. The molecule has 0 saturated heterocycles. The summed E-state index contributed by atoms with van der Waals surface area (Å²) in [5.74, 6) is 0. The van der Waals surface area contributed by atoms with Crippen LogP contribution in [0.3, 0.4) is 0 Å². The van der Waals surface area contributed by atoms with Crippen LogP contribution in [0, 0.1) is 6.92 Å². The average molecular weight is 251 g/mol. The number of aryl methyl sites for hydroxylation is 1. The van der Waals surface area contributed by atoms with Gasteiger partial charge in [0.15, 0.2) is 0 Å². The monoisotopic (exact) mass is 251 g/mol. The molecule has 1 rings (SSSR count). The molecular weight excluding hydrogens is 222 g/mol. The minimum Gasteiger partial charge on any atom is -0.308 e. The van der Waals surface area contributed by atoms with Crippen molar-refractivity contribution in [1.82, 2.24) is 15.1 Å². The second kappa shape index (κ2) is 6.93. The van der Waals surface area contributed by atoms with E-state index in [-0.39, 0.29) is 5.54 Å². The van der Waals surface area contributed by atoms with Crippen molar-refractivity contribution >= 4 is 0 Å². The Hall–Kier alpha value is -0.830. The van der Waals surface area contributed by atoms with Crippen molar-refractivity contribution in [1.29, 1.82) is 0 Å². The first-order valence-corrected chi connectivity index (χ1v) is 7.20. The highest BCUT2D eigenvalue weighted by atomic mass is 15.3. The number of aromatic nitrogens is 2. The molecule has 0 fully saturated rings. The largest absolute Gasteiger partial charge is 0.308 e. The lowest BCUT2D eigenvalue weighted by Crippen LogP contribution is -2.35. The Morgan fingerprint density at radius 1 is 1.22 bits per heavy atom. The molecule has 0 spiro atoms. The first kappa shape index (κ1) is 15.2. The first-order valence-electron chi connectivity index (χ1n) is 7.20. The molecule has 0 bridgehead atoms. The number of hydrogen-bond acceptors (Lipinski definition) is 2. The lowest BCUT2D eigenvalue weighted by Gasteiger charge is -2.20. The van der Waals surface area contributed by atoms with Crippen LogP contribution in [0.25, 0.3) is 0 Å². The fourth-order valence-corrected chi connectivity index (χ4v) is 1.93. The molecule has 0 saturated carbocycles. The Morgan fingerprint density at radius 2 is 1.94 bits per heavy atom. The van der Waals surface area contributed by atoms with E-state index in [9.17, 15) is 0 Å². The van der Waals surface area contributed by atoms with Crippen LogP contribution in [-0.2, 0) is 13.1 Å². The van der Waals surface area contributed by atoms with E-state index < -0.39 is 0 Å². The Labute approximate surface area is 112 Å². The molecule has 0 radical (unpaired) electrons. The highest BCUT2D eigenvalue weighted by Gasteiger charge is 2.11. The maximum absolute atomic E-state index is 4.49. The molecule has 0 aromatic carbocycles. The van der Waals surface area contributed by atoms with Gasteiger partial charge in [-0.15, -0.1) is 0 Å². The van der Waals surface area contributed by atoms with Crippen LogP contribution in [0.5, 0.6) is 0 Å². The second-order valence-electron chi connectivity index (χ2n) is 6.14. The summed E-state index contributed by atoms with van der Waals surface area (Å²) in [7, 11) is 0. The van der Waals surface area contributed by atoms with Crippen LogP contribution in [0.2, 0.25) is 0 Å². The van der Waals surface area contributed by atoms with Crippen LogP contribution >= 0.6 is 0 Å². The van der Waals surface area contributed by atoms with Gasteiger partial charge in [0.25, 0.3) is 0 Å². The maximum Gasteiger partial charge on any atom is 0.0537 e. The number of nitrogens with zero attached hydrogens (tertiary/aromatic N) is 2. The van der Waals surface area contributed by atoms with Gasteiger partial charge < -0.3 is 5.32 Å². The minimum absolute atomic E-state index is 0.162. The average Bonchev–Trinajstić information content (AvgIpc) is 2.63. The van der Waals surface area contributed by atoms with E-state index in [1.165, 1.54) is 36.9 Å². The predicted molar refractivity (Wildman–Crippen MR) is 77.7 cm³/mol. The molecule has 3 nitrogen and oxygen atoms in total. The standard InChI is InChI=1S/C15H29N3/c1-6-7-8-9-10-18-13(2)14(12-17-18)11-16-15(3,4)5/h12,16H,6-11H2,1-5H3. The van der Waals surface area contributed by atoms with Crippen LogP contribution in [-0.4, -0.2) is 15.3 Å². The fraction of sp³-hybridized carbons (Fsp3) is 0.800. The van der Waals surface area contributed by atoms with Crippen LogP contribution in [0.4, 0.5) is 0 Å². The van der Waals surface area contributed by atoms with Gasteiger partial charge in [0.1, 0.15) is 0 Å². The van der Waals surface area contributed by atoms with E-state index >= 15 is 0 Å².